The van der Waals surface area contributed by atoms with Crippen LogP contribution >= 0.6 is 0 Å². The number of rotatable bonds is 6. The van der Waals surface area contributed by atoms with Gasteiger partial charge in [-0.3, -0.25) is 9.59 Å². The second kappa shape index (κ2) is 8.26. The molecule has 1 N–H and O–H groups in total. The maximum atomic E-state index is 13.2. The zero-order valence-electron chi connectivity index (χ0n) is 16.5. The molecule has 3 rings (SSSR count). The van der Waals surface area contributed by atoms with Crippen LogP contribution in [-0.4, -0.2) is 22.8 Å². The van der Waals surface area contributed by atoms with Gasteiger partial charge in [0.2, 0.25) is 5.91 Å². The molecule has 1 aromatic heterocycles. The molecule has 6 nitrogen and oxygen atoms in total. The molecule has 150 valence electrons. The van der Waals surface area contributed by atoms with Crippen molar-refractivity contribution in [2.24, 2.45) is 0 Å². The third-order valence-corrected chi connectivity index (χ3v) is 4.61. The lowest BCUT2D eigenvalue weighted by Gasteiger charge is -2.25. The Kier molecular flexibility index (Phi) is 5.77. The van der Waals surface area contributed by atoms with Crippen molar-refractivity contribution in [1.82, 2.24) is 15.1 Å². The predicted molar refractivity (Wildman–Crippen MR) is 108 cm³/mol. The molecule has 7 heteroatoms. The zero-order chi connectivity index (χ0) is 21.0. The molecule has 0 radical (unpaired) electrons. The summed E-state index contributed by atoms with van der Waals surface area (Å²) in [6.07, 6.45) is 0. The fourth-order valence-corrected chi connectivity index (χ4v) is 2.86. The number of nitrogens with zero attached hydrogens (tertiary/aromatic N) is 2. The summed E-state index contributed by atoms with van der Waals surface area (Å²) in [4.78, 5) is 25.3. The van der Waals surface area contributed by atoms with E-state index in [1.165, 1.54) is 18.2 Å². The van der Waals surface area contributed by atoms with Crippen LogP contribution in [0.3, 0.4) is 0 Å². The van der Waals surface area contributed by atoms with E-state index in [-0.39, 0.29) is 18.3 Å². The van der Waals surface area contributed by atoms with Gasteiger partial charge in [0, 0.05) is 18.2 Å². The van der Waals surface area contributed by atoms with E-state index in [0.717, 1.165) is 10.2 Å². The normalized spacial score (nSPS) is 11.2. The molecule has 0 atom stereocenters. The highest BCUT2D eigenvalue weighted by atomic mass is 19.1. The zero-order valence-corrected chi connectivity index (χ0v) is 16.5. The van der Waals surface area contributed by atoms with Gasteiger partial charge in [0.05, 0.1) is 12.8 Å². The summed E-state index contributed by atoms with van der Waals surface area (Å²) in [6.45, 7) is 3.53. The summed E-state index contributed by atoms with van der Waals surface area (Å²) in [5, 5.41) is 7.19. The van der Waals surface area contributed by atoms with E-state index in [1.807, 2.05) is 24.3 Å². The highest BCUT2D eigenvalue weighted by molar-refractivity contribution is 5.83. The molecule has 0 bridgehead atoms. The first-order valence-electron chi connectivity index (χ1n) is 9.09. The third kappa shape index (κ3) is 4.51. The van der Waals surface area contributed by atoms with Crippen molar-refractivity contribution in [2.75, 3.05) is 7.11 Å². The first-order valence-corrected chi connectivity index (χ1v) is 9.09. The summed E-state index contributed by atoms with van der Waals surface area (Å²) in [6, 6.07) is 16.0. The Morgan fingerprint density at radius 1 is 1.14 bits per heavy atom. The molecular formula is C22H22FN3O3. The number of amides is 1. The van der Waals surface area contributed by atoms with Crippen LogP contribution in [0, 0.1) is 5.82 Å². The van der Waals surface area contributed by atoms with Crippen molar-refractivity contribution in [3.05, 3.63) is 82.4 Å². The summed E-state index contributed by atoms with van der Waals surface area (Å²) >= 11 is 0. The summed E-state index contributed by atoms with van der Waals surface area (Å²) in [5.41, 5.74) is 0.351. The third-order valence-electron chi connectivity index (χ3n) is 4.61. The minimum atomic E-state index is -1.23. The topological polar surface area (TPSA) is 73.2 Å². The fourth-order valence-electron chi connectivity index (χ4n) is 2.86. The second-order valence-corrected chi connectivity index (χ2v) is 7.07. The van der Waals surface area contributed by atoms with Gasteiger partial charge < -0.3 is 10.1 Å². The second-order valence-electron chi connectivity index (χ2n) is 7.07. The Morgan fingerprint density at radius 3 is 2.55 bits per heavy atom. The van der Waals surface area contributed by atoms with Crippen LogP contribution in [0.1, 0.15) is 19.4 Å². The standard InChI is InChI=1S/C22H22FN3O3/c1-22(2,21(28)24-14-15-5-4-6-18(13-15)29-3)26-20(27)12-11-19(25-26)16-7-9-17(23)10-8-16/h4-13H,14H2,1-3H3,(H,24,28). The van der Waals surface area contributed by atoms with Gasteiger partial charge in [-0.2, -0.15) is 5.10 Å². The molecular weight excluding hydrogens is 373 g/mol. The van der Waals surface area contributed by atoms with Crippen LogP contribution in [0.5, 0.6) is 5.75 Å². The number of aromatic nitrogens is 2. The lowest BCUT2D eigenvalue weighted by Crippen LogP contribution is -2.49. The minimum Gasteiger partial charge on any atom is -0.497 e. The van der Waals surface area contributed by atoms with Gasteiger partial charge in [0.15, 0.2) is 0 Å². The summed E-state index contributed by atoms with van der Waals surface area (Å²) in [7, 11) is 1.58. The van der Waals surface area contributed by atoms with Crippen LogP contribution in [-0.2, 0) is 16.9 Å². The Morgan fingerprint density at radius 2 is 1.86 bits per heavy atom. The number of benzene rings is 2. The van der Waals surface area contributed by atoms with Crippen molar-refractivity contribution in [3.63, 3.8) is 0 Å². The largest absolute Gasteiger partial charge is 0.497 e. The quantitative estimate of drug-likeness (QED) is 0.696. The molecule has 0 saturated carbocycles. The lowest BCUT2D eigenvalue weighted by atomic mass is 10.0. The Hall–Kier alpha value is -3.48. The summed E-state index contributed by atoms with van der Waals surface area (Å²) < 4.78 is 19.5. The van der Waals surface area contributed by atoms with Gasteiger partial charge >= 0.3 is 0 Å². The maximum absolute atomic E-state index is 13.2. The SMILES string of the molecule is COc1cccc(CNC(=O)C(C)(C)n2nc(-c3ccc(F)cc3)ccc2=O)c1. The molecule has 0 spiro atoms. The molecule has 0 aliphatic rings. The molecule has 0 fully saturated rings. The molecule has 1 amide bonds. The molecule has 0 unspecified atom stereocenters. The van der Waals surface area contributed by atoms with Gasteiger partial charge in [-0.25, -0.2) is 9.07 Å². The Bertz CT molecular complexity index is 1080. The molecule has 0 aliphatic carbocycles. The minimum absolute atomic E-state index is 0.284. The monoisotopic (exact) mass is 395 g/mol. The number of halogens is 1. The molecule has 1 heterocycles. The first kappa shape index (κ1) is 20.3. The average Bonchev–Trinajstić information content (AvgIpc) is 2.73. The highest BCUT2D eigenvalue weighted by Crippen LogP contribution is 2.19. The molecule has 29 heavy (non-hydrogen) atoms. The molecule has 0 aliphatic heterocycles. The van der Waals surface area contributed by atoms with Gasteiger partial charge in [0.25, 0.3) is 5.56 Å². The van der Waals surface area contributed by atoms with Gasteiger partial charge in [-0.1, -0.05) is 12.1 Å². The van der Waals surface area contributed by atoms with E-state index in [0.29, 0.717) is 17.0 Å². The molecule has 2 aromatic carbocycles. The lowest BCUT2D eigenvalue weighted by molar-refractivity contribution is -0.129. The molecule has 3 aromatic rings. The van der Waals surface area contributed by atoms with Crippen molar-refractivity contribution in [1.29, 1.82) is 0 Å². The smallest absolute Gasteiger partial charge is 0.267 e. The van der Waals surface area contributed by atoms with Crippen LogP contribution in [0.15, 0.2) is 65.5 Å². The van der Waals surface area contributed by atoms with Crippen LogP contribution in [0.2, 0.25) is 0 Å². The number of methoxy groups -OCH3 is 1. The van der Waals surface area contributed by atoms with Crippen LogP contribution < -0.4 is 15.6 Å². The fraction of sp³-hybridized carbons (Fsp3) is 0.227. The highest BCUT2D eigenvalue weighted by Gasteiger charge is 2.32. The number of carbonyl (C=O) groups is 1. The number of ether oxygens (including phenoxy) is 1. The Labute approximate surface area is 168 Å². The van der Waals surface area contributed by atoms with E-state index in [4.69, 9.17) is 4.74 Å². The number of nitrogens with one attached hydrogen (secondary N) is 1. The van der Waals surface area contributed by atoms with E-state index >= 15 is 0 Å². The van der Waals surface area contributed by atoms with Gasteiger partial charge in [-0.05, 0) is 61.9 Å². The maximum Gasteiger partial charge on any atom is 0.267 e. The van der Waals surface area contributed by atoms with Gasteiger partial charge in [0.1, 0.15) is 17.1 Å². The van der Waals surface area contributed by atoms with E-state index in [1.54, 1.807) is 39.2 Å². The number of hydrogen-bond acceptors (Lipinski definition) is 4. The predicted octanol–water partition coefficient (Wildman–Crippen LogP) is 3.11. The number of carbonyl (C=O) groups excluding carboxylic acids is 1. The van der Waals surface area contributed by atoms with E-state index in [2.05, 4.69) is 10.4 Å². The van der Waals surface area contributed by atoms with Crippen LogP contribution in [0.4, 0.5) is 4.39 Å². The Balaban J connectivity index is 1.83. The van der Waals surface area contributed by atoms with Crippen molar-refractivity contribution in [3.8, 4) is 17.0 Å². The summed E-state index contributed by atoms with van der Waals surface area (Å²) in [5.74, 6) is -0.0219. The molecule has 0 saturated heterocycles. The van der Waals surface area contributed by atoms with E-state index in [9.17, 15) is 14.0 Å². The van der Waals surface area contributed by atoms with Crippen molar-refractivity contribution >= 4 is 5.91 Å². The van der Waals surface area contributed by atoms with Crippen molar-refractivity contribution < 1.29 is 13.9 Å². The first-order chi connectivity index (χ1) is 13.8. The average molecular weight is 395 g/mol. The van der Waals surface area contributed by atoms with Crippen LogP contribution in [0.25, 0.3) is 11.3 Å². The van der Waals surface area contributed by atoms with Crippen molar-refractivity contribution in [2.45, 2.75) is 25.9 Å². The van der Waals surface area contributed by atoms with Gasteiger partial charge in [-0.15, -0.1) is 0 Å². The van der Waals surface area contributed by atoms with E-state index < -0.39 is 11.1 Å². The number of hydrogen-bond donors (Lipinski definition) is 1.